The lowest BCUT2D eigenvalue weighted by molar-refractivity contribution is 0.144. The van der Waals surface area contributed by atoms with Crippen LogP contribution < -0.4 is 0 Å². The fourth-order valence-electron chi connectivity index (χ4n) is 1.01. The molecule has 0 aliphatic rings. The zero-order chi connectivity index (χ0) is 11.8. The maximum atomic E-state index is 9.48. The van der Waals surface area contributed by atoms with Gasteiger partial charge >= 0.3 is 0 Å². The Bertz CT molecular complexity index is 410. The predicted molar refractivity (Wildman–Crippen MR) is 67.4 cm³/mol. The molecule has 3 nitrogen and oxygen atoms in total. The first kappa shape index (κ1) is 12.6. The van der Waals surface area contributed by atoms with Gasteiger partial charge in [0.05, 0.1) is 6.21 Å². The highest BCUT2D eigenvalue weighted by molar-refractivity contribution is 9.10. The molecule has 1 aromatic rings. The smallest absolute Gasteiger partial charge is 0.124 e. The van der Waals surface area contributed by atoms with Gasteiger partial charge in [0.2, 0.25) is 0 Å². The van der Waals surface area contributed by atoms with E-state index in [9.17, 15) is 5.11 Å². The molecule has 0 spiro atoms. The van der Waals surface area contributed by atoms with Crippen molar-refractivity contribution in [3.05, 3.63) is 28.2 Å². The minimum absolute atomic E-state index is 0.166. The zero-order valence-corrected chi connectivity index (χ0v) is 10.3. The van der Waals surface area contributed by atoms with Crippen molar-refractivity contribution in [1.29, 1.82) is 0 Å². The Morgan fingerprint density at radius 3 is 3.12 bits per heavy atom. The Hall–Kier alpha value is -1.47. The molecule has 0 saturated carbocycles. The predicted octanol–water partition coefficient (Wildman–Crippen LogP) is 2.92. The molecule has 0 aliphatic heterocycles. The third kappa shape index (κ3) is 4.37. The number of hydrogen-bond donors (Lipinski definition) is 1. The third-order valence-electron chi connectivity index (χ3n) is 1.81. The Labute approximate surface area is 103 Å². The van der Waals surface area contributed by atoms with Gasteiger partial charge in [0.25, 0.3) is 0 Å². The number of aromatic hydroxyl groups is 1. The van der Waals surface area contributed by atoms with Crippen molar-refractivity contribution in [2.75, 3.05) is 6.61 Å². The largest absolute Gasteiger partial charge is 0.507 e. The number of halogens is 1. The summed E-state index contributed by atoms with van der Waals surface area (Å²) in [5.41, 5.74) is 0.603. The van der Waals surface area contributed by atoms with Gasteiger partial charge < -0.3 is 9.94 Å². The summed E-state index contributed by atoms with van der Waals surface area (Å²) in [5.74, 6) is 2.68. The van der Waals surface area contributed by atoms with E-state index in [-0.39, 0.29) is 5.75 Å². The van der Waals surface area contributed by atoms with Gasteiger partial charge in [-0.15, -0.1) is 12.3 Å². The quantitative estimate of drug-likeness (QED) is 0.390. The monoisotopic (exact) mass is 281 g/mol. The molecule has 0 bridgehead atoms. The molecular weight excluding hydrogens is 270 g/mol. The molecule has 0 radical (unpaired) electrons. The number of phenols is 1. The van der Waals surface area contributed by atoms with Crippen LogP contribution in [-0.4, -0.2) is 17.9 Å². The third-order valence-corrected chi connectivity index (χ3v) is 2.31. The van der Waals surface area contributed by atoms with Crippen molar-refractivity contribution in [2.45, 2.75) is 12.8 Å². The molecule has 0 atom stereocenters. The van der Waals surface area contributed by atoms with Crippen molar-refractivity contribution < 1.29 is 9.94 Å². The summed E-state index contributed by atoms with van der Waals surface area (Å²) in [4.78, 5) is 4.98. The standard InChI is InChI=1S/C12H12BrNO2/c1-2-3-4-7-16-14-9-10-8-11(13)5-6-12(10)15/h1,5-6,8-9,15H,3-4,7H2/b14-9+. The van der Waals surface area contributed by atoms with E-state index in [0.717, 1.165) is 10.9 Å². The summed E-state index contributed by atoms with van der Waals surface area (Å²) in [6, 6.07) is 5.09. The minimum Gasteiger partial charge on any atom is -0.507 e. The second-order valence-electron chi connectivity index (χ2n) is 3.08. The van der Waals surface area contributed by atoms with Crippen LogP contribution in [-0.2, 0) is 4.84 Å². The zero-order valence-electron chi connectivity index (χ0n) is 8.69. The molecule has 0 unspecified atom stereocenters. The van der Waals surface area contributed by atoms with Crippen LogP contribution in [0.1, 0.15) is 18.4 Å². The summed E-state index contributed by atoms with van der Waals surface area (Å²) in [6.45, 7) is 0.482. The van der Waals surface area contributed by atoms with E-state index in [0.29, 0.717) is 18.6 Å². The van der Waals surface area contributed by atoms with Crippen LogP contribution in [0.2, 0.25) is 0 Å². The molecule has 0 heterocycles. The molecule has 0 aromatic heterocycles. The van der Waals surface area contributed by atoms with Gasteiger partial charge in [-0.05, 0) is 24.6 Å². The topological polar surface area (TPSA) is 41.8 Å². The summed E-state index contributed by atoms with van der Waals surface area (Å²) in [6.07, 6.45) is 8.01. The lowest BCUT2D eigenvalue weighted by Crippen LogP contribution is -1.89. The van der Waals surface area contributed by atoms with E-state index >= 15 is 0 Å². The molecule has 0 aliphatic carbocycles. The molecule has 1 aromatic carbocycles. The number of benzene rings is 1. The van der Waals surface area contributed by atoms with Gasteiger partial charge in [-0.2, -0.15) is 0 Å². The molecule has 1 N–H and O–H groups in total. The summed E-state index contributed by atoms with van der Waals surface area (Å²) >= 11 is 3.30. The minimum atomic E-state index is 0.166. The van der Waals surface area contributed by atoms with E-state index in [1.807, 2.05) is 0 Å². The van der Waals surface area contributed by atoms with Crippen LogP contribution >= 0.6 is 15.9 Å². The lowest BCUT2D eigenvalue weighted by atomic mass is 10.2. The number of hydrogen-bond acceptors (Lipinski definition) is 3. The first-order valence-electron chi connectivity index (χ1n) is 4.81. The van der Waals surface area contributed by atoms with Gasteiger partial charge in [0.1, 0.15) is 12.4 Å². The number of phenolic OH excluding ortho intramolecular Hbond substituents is 1. The normalized spacial score (nSPS) is 10.2. The van der Waals surface area contributed by atoms with E-state index in [1.165, 1.54) is 6.21 Å². The molecular formula is C12H12BrNO2. The van der Waals surface area contributed by atoms with Gasteiger partial charge in [-0.1, -0.05) is 21.1 Å². The van der Waals surface area contributed by atoms with Crippen molar-refractivity contribution >= 4 is 22.1 Å². The number of terminal acetylenes is 1. The number of rotatable bonds is 5. The Morgan fingerprint density at radius 2 is 2.38 bits per heavy atom. The Balaban J connectivity index is 2.44. The van der Waals surface area contributed by atoms with Gasteiger partial charge in [0.15, 0.2) is 0 Å². The van der Waals surface area contributed by atoms with Crippen LogP contribution in [0, 0.1) is 12.3 Å². The van der Waals surface area contributed by atoms with Crippen molar-refractivity contribution in [3.8, 4) is 18.1 Å². The molecule has 0 amide bonds. The van der Waals surface area contributed by atoms with Crippen LogP contribution in [0.4, 0.5) is 0 Å². The maximum Gasteiger partial charge on any atom is 0.124 e. The van der Waals surface area contributed by atoms with Gasteiger partial charge in [-0.25, -0.2) is 0 Å². The van der Waals surface area contributed by atoms with Crippen LogP contribution in [0.3, 0.4) is 0 Å². The highest BCUT2D eigenvalue weighted by atomic mass is 79.9. The van der Waals surface area contributed by atoms with E-state index in [4.69, 9.17) is 11.3 Å². The Kier molecular flexibility index (Phi) is 5.44. The van der Waals surface area contributed by atoms with Gasteiger partial charge in [0, 0.05) is 16.5 Å². The second-order valence-corrected chi connectivity index (χ2v) is 3.99. The molecule has 1 rings (SSSR count). The van der Waals surface area contributed by atoms with Crippen LogP contribution in [0.25, 0.3) is 0 Å². The molecule has 84 valence electrons. The SMILES string of the molecule is C#CCCCO/N=C/c1cc(Br)ccc1O. The maximum absolute atomic E-state index is 9.48. The first-order valence-corrected chi connectivity index (χ1v) is 5.60. The fourth-order valence-corrected chi connectivity index (χ4v) is 1.39. The van der Waals surface area contributed by atoms with E-state index < -0.39 is 0 Å². The average molecular weight is 282 g/mol. The first-order chi connectivity index (χ1) is 7.74. The summed E-state index contributed by atoms with van der Waals surface area (Å²) < 4.78 is 0.874. The van der Waals surface area contributed by atoms with Crippen molar-refractivity contribution in [1.82, 2.24) is 0 Å². The highest BCUT2D eigenvalue weighted by Gasteiger charge is 1.98. The fraction of sp³-hybridized carbons (Fsp3) is 0.250. The second kappa shape index (κ2) is 6.91. The lowest BCUT2D eigenvalue weighted by Gasteiger charge is -1.99. The number of nitrogens with zero attached hydrogens (tertiary/aromatic N) is 1. The molecule has 0 fully saturated rings. The molecule has 16 heavy (non-hydrogen) atoms. The summed E-state index contributed by atoms with van der Waals surface area (Å²) in [7, 11) is 0. The highest BCUT2D eigenvalue weighted by Crippen LogP contribution is 2.19. The van der Waals surface area contributed by atoms with Crippen LogP contribution in [0.5, 0.6) is 5.75 Å². The number of oxime groups is 1. The van der Waals surface area contributed by atoms with Crippen LogP contribution in [0.15, 0.2) is 27.8 Å². The Morgan fingerprint density at radius 1 is 1.56 bits per heavy atom. The molecule has 0 saturated heterocycles. The van der Waals surface area contributed by atoms with E-state index in [1.54, 1.807) is 18.2 Å². The van der Waals surface area contributed by atoms with Gasteiger partial charge in [-0.3, -0.25) is 0 Å². The van der Waals surface area contributed by atoms with Crippen molar-refractivity contribution in [2.24, 2.45) is 5.16 Å². The summed E-state index contributed by atoms with van der Waals surface area (Å²) in [5, 5.41) is 13.2. The molecule has 4 heteroatoms. The number of unbranched alkanes of at least 4 members (excludes halogenated alkanes) is 1. The average Bonchev–Trinajstić information content (AvgIpc) is 2.28. The van der Waals surface area contributed by atoms with Crippen molar-refractivity contribution in [3.63, 3.8) is 0 Å². The van der Waals surface area contributed by atoms with E-state index in [2.05, 4.69) is 27.0 Å².